The van der Waals surface area contributed by atoms with Crippen molar-refractivity contribution in [1.82, 2.24) is 10.7 Å². The molecule has 0 aliphatic rings. The van der Waals surface area contributed by atoms with Crippen molar-refractivity contribution in [3.63, 3.8) is 0 Å². The summed E-state index contributed by atoms with van der Waals surface area (Å²) in [5, 5.41) is 6.45. The standard InChI is InChI=1S/C21H25N3O4/c1-3-13-28-18-11-9-16(10-12-18)21(26)22-15-20(25)24-23-14-17-7-5-6-8-19(17)27-4-2/h5-12,14H,3-4,13,15H2,1-2H3,(H,22,26)(H,24,25)/b23-14-. The normalized spacial score (nSPS) is 10.5. The van der Waals surface area contributed by atoms with Crippen LogP contribution in [0.4, 0.5) is 0 Å². The van der Waals surface area contributed by atoms with Gasteiger partial charge in [-0.3, -0.25) is 9.59 Å². The Kier molecular flexibility index (Phi) is 8.52. The van der Waals surface area contributed by atoms with Gasteiger partial charge in [0.2, 0.25) is 0 Å². The lowest BCUT2D eigenvalue weighted by Gasteiger charge is -2.07. The molecule has 2 amide bonds. The van der Waals surface area contributed by atoms with Crippen LogP contribution in [0.2, 0.25) is 0 Å². The lowest BCUT2D eigenvalue weighted by Crippen LogP contribution is -2.34. The van der Waals surface area contributed by atoms with E-state index < -0.39 is 5.91 Å². The maximum Gasteiger partial charge on any atom is 0.259 e. The lowest BCUT2D eigenvalue weighted by molar-refractivity contribution is -0.120. The fraction of sp³-hybridized carbons (Fsp3) is 0.286. The Morgan fingerprint density at radius 3 is 2.50 bits per heavy atom. The molecule has 0 bridgehead atoms. The minimum absolute atomic E-state index is 0.183. The molecule has 2 rings (SSSR count). The summed E-state index contributed by atoms with van der Waals surface area (Å²) in [4.78, 5) is 24.0. The average Bonchev–Trinajstić information content (AvgIpc) is 2.72. The van der Waals surface area contributed by atoms with Crippen molar-refractivity contribution < 1.29 is 19.1 Å². The fourth-order valence-corrected chi connectivity index (χ4v) is 2.27. The molecule has 0 unspecified atom stereocenters. The van der Waals surface area contributed by atoms with E-state index >= 15 is 0 Å². The highest BCUT2D eigenvalue weighted by molar-refractivity contribution is 5.96. The highest BCUT2D eigenvalue weighted by Gasteiger charge is 2.08. The van der Waals surface area contributed by atoms with Crippen LogP contribution in [0.3, 0.4) is 0 Å². The Hall–Kier alpha value is -3.35. The van der Waals surface area contributed by atoms with E-state index in [1.54, 1.807) is 24.3 Å². The van der Waals surface area contributed by atoms with Gasteiger partial charge in [-0.2, -0.15) is 5.10 Å². The zero-order valence-corrected chi connectivity index (χ0v) is 16.1. The quantitative estimate of drug-likeness (QED) is 0.488. The van der Waals surface area contributed by atoms with Crippen LogP contribution in [0.25, 0.3) is 0 Å². The van der Waals surface area contributed by atoms with Crippen molar-refractivity contribution >= 4 is 18.0 Å². The molecule has 0 heterocycles. The first-order valence-electron chi connectivity index (χ1n) is 9.18. The molecule has 0 atom stereocenters. The molecule has 0 spiro atoms. The topological polar surface area (TPSA) is 89.0 Å². The number of hydrogen-bond donors (Lipinski definition) is 2. The number of carbonyl (C=O) groups is 2. The molecule has 0 saturated heterocycles. The van der Waals surface area contributed by atoms with E-state index in [-0.39, 0.29) is 12.5 Å². The first kappa shape index (κ1) is 21.0. The van der Waals surface area contributed by atoms with Gasteiger partial charge in [0, 0.05) is 11.1 Å². The molecule has 0 aromatic heterocycles. The third kappa shape index (κ3) is 6.75. The second-order valence-electron chi connectivity index (χ2n) is 5.82. The predicted molar refractivity (Wildman–Crippen MR) is 108 cm³/mol. The number of amides is 2. The molecule has 0 aliphatic carbocycles. The summed E-state index contributed by atoms with van der Waals surface area (Å²) in [6, 6.07) is 14.1. The van der Waals surface area contributed by atoms with Crippen molar-refractivity contribution in [2.45, 2.75) is 20.3 Å². The molecule has 2 N–H and O–H groups in total. The molecule has 0 saturated carbocycles. The zero-order valence-electron chi connectivity index (χ0n) is 16.1. The van der Waals surface area contributed by atoms with E-state index in [2.05, 4.69) is 15.8 Å². The highest BCUT2D eigenvalue weighted by atomic mass is 16.5. The van der Waals surface area contributed by atoms with E-state index in [0.29, 0.717) is 30.3 Å². The minimum atomic E-state index is -0.429. The third-order valence-corrected chi connectivity index (χ3v) is 3.61. The van der Waals surface area contributed by atoms with Crippen LogP contribution in [0, 0.1) is 0 Å². The van der Waals surface area contributed by atoms with Crippen LogP contribution >= 0.6 is 0 Å². The van der Waals surface area contributed by atoms with Gasteiger partial charge < -0.3 is 14.8 Å². The molecule has 0 radical (unpaired) electrons. The molecule has 0 fully saturated rings. The summed E-state index contributed by atoms with van der Waals surface area (Å²) in [5.74, 6) is 0.615. The predicted octanol–water partition coefficient (Wildman–Crippen LogP) is 2.75. The van der Waals surface area contributed by atoms with Crippen LogP contribution in [-0.4, -0.2) is 37.8 Å². The van der Waals surface area contributed by atoms with Gasteiger partial charge >= 0.3 is 0 Å². The van der Waals surface area contributed by atoms with Crippen LogP contribution in [0.5, 0.6) is 11.5 Å². The number of para-hydroxylation sites is 1. The maximum atomic E-state index is 12.1. The van der Waals surface area contributed by atoms with Crippen LogP contribution < -0.4 is 20.2 Å². The average molecular weight is 383 g/mol. The Labute approximate surface area is 164 Å². The third-order valence-electron chi connectivity index (χ3n) is 3.61. The fourth-order valence-electron chi connectivity index (χ4n) is 2.27. The summed E-state index contributed by atoms with van der Waals surface area (Å²) in [5.41, 5.74) is 3.58. The van der Waals surface area contributed by atoms with Crippen molar-refractivity contribution in [1.29, 1.82) is 0 Å². The van der Waals surface area contributed by atoms with Crippen molar-refractivity contribution in [3.05, 3.63) is 59.7 Å². The van der Waals surface area contributed by atoms with Crippen LogP contribution in [0.15, 0.2) is 53.6 Å². The van der Waals surface area contributed by atoms with Crippen molar-refractivity contribution in [3.8, 4) is 11.5 Å². The lowest BCUT2D eigenvalue weighted by atomic mass is 10.2. The molecule has 7 nitrogen and oxygen atoms in total. The van der Waals surface area contributed by atoms with E-state index in [4.69, 9.17) is 9.47 Å². The first-order chi connectivity index (χ1) is 13.6. The second kappa shape index (κ2) is 11.4. The van der Waals surface area contributed by atoms with E-state index in [0.717, 1.165) is 12.0 Å². The molecule has 2 aromatic rings. The van der Waals surface area contributed by atoms with Gasteiger partial charge in [-0.05, 0) is 49.7 Å². The number of hydrazone groups is 1. The van der Waals surface area contributed by atoms with Crippen LogP contribution in [0.1, 0.15) is 36.2 Å². The monoisotopic (exact) mass is 383 g/mol. The summed E-state index contributed by atoms with van der Waals surface area (Å²) in [7, 11) is 0. The molecule has 28 heavy (non-hydrogen) atoms. The Morgan fingerprint density at radius 2 is 1.79 bits per heavy atom. The molecular formula is C21H25N3O4. The van der Waals surface area contributed by atoms with Gasteiger partial charge in [0.15, 0.2) is 0 Å². The number of carbonyl (C=O) groups excluding carboxylic acids is 2. The number of rotatable bonds is 10. The van der Waals surface area contributed by atoms with Gasteiger partial charge in [-0.15, -0.1) is 0 Å². The molecule has 7 heteroatoms. The maximum absolute atomic E-state index is 12.1. The van der Waals surface area contributed by atoms with E-state index in [1.807, 2.05) is 38.1 Å². The Morgan fingerprint density at radius 1 is 1.04 bits per heavy atom. The number of benzene rings is 2. The number of nitrogens with zero attached hydrogens (tertiary/aromatic N) is 1. The zero-order chi connectivity index (χ0) is 20.2. The van der Waals surface area contributed by atoms with E-state index in [9.17, 15) is 9.59 Å². The SMILES string of the molecule is CCCOc1ccc(C(=O)NCC(=O)N/N=C\c2ccccc2OCC)cc1. The summed E-state index contributed by atoms with van der Waals surface area (Å²) >= 11 is 0. The van der Waals surface area contributed by atoms with Gasteiger partial charge in [-0.1, -0.05) is 19.1 Å². The summed E-state index contributed by atoms with van der Waals surface area (Å²) in [6.45, 7) is 4.90. The van der Waals surface area contributed by atoms with Gasteiger partial charge in [0.25, 0.3) is 11.8 Å². The molecule has 0 aliphatic heterocycles. The van der Waals surface area contributed by atoms with Crippen LogP contribution in [-0.2, 0) is 4.79 Å². The summed E-state index contributed by atoms with van der Waals surface area (Å²) < 4.78 is 11.0. The first-order valence-corrected chi connectivity index (χ1v) is 9.18. The summed E-state index contributed by atoms with van der Waals surface area (Å²) in [6.07, 6.45) is 2.41. The van der Waals surface area contributed by atoms with Crippen molar-refractivity contribution in [2.24, 2.45) is 5.10 Å². The largest absolute Gasteiger partial charge is 0.494 e. The molecule has 148 valence electrons. The minimum Gasteiger partial charge on any atom is -0.494 e. The van der Waals surface area contributed by atoms with Gasteiger partial charge in [0.1, 0.15) is 11.5 Å². The molecular weight excluding hydrogens is 358 g/mol. The Balaban J connectivity index is 1.79. The van der Waals surface area contributed by atoms with Gasteiger partial charge in [-0.25, -0.2) is 5.43 Å². The number of nitrogens with one attached hydrogen (secondary N) is 2. The molecule has 2 aromatic carbocycles. The number of ether oxygens (including phenoxy) is 2. The van der Waals surface area contributed by atoms with E-state index in [1.165, 1.54) is 6.21 Å². The highest BCUT2D eigenvalue weighted by Crippen LogP contribution is 2.15. The Bertz CT molecular complexity index is 804. The van der Waals surface area contributed by atoms with Gasteiger partial charge in [0.05, 0.1) is 26.0 Å². The smallest absolute Gasteiger partial charge is 0.259 e. The van der Waals surface area contributed by atoms with Crippen molar-refractivity contribution in [2.75, 3.05) is 19.8 Å². The second-order valence-corrected chi connectivity index (χ2v) is 5.82. The number of hydrogen-bond acceptors (Lipinski definition) is 5.